The van der Waals surface area contributed by atoms with Crippen LogP contribution in [0.4, 0.5) is 5.69 Å². The van der Waals surface area contributed by atoms with E-state index >= 15 is 0 Å². The largest absolute Gasteiger partial charge is 0.452 e. The molecule has 0 atom stereocenters. The predicted molar refractivity (Wildman–Crippen MR) is 120 cm³/mol. The molecule has 5 nitrogen and oxygen atoms in total. The van der Waals surface area contributed by atoms with Crippen LogP contribution in [0.3, 0.4) is 0 Å². The summed E-state index contributed by atoms with van der Waals surface area (Å²) in [6, 6.07) is 12.9. The molecule has 1 aliphatic heterocycles. The SMILES string of the molecule is Cc1ccc(NC(=O)COC(=O)c2ccccc2CSC2=NCCS2)c(Br)c1. The number of benzene rings is 2. The van der Waals surface area contributed by atoms with Gasteiger partial charge in [-0.1, -0.05) is 47.8 Å². The van der Waals surface area contributed by atoms with Crippen molar-refractivity contribution in [1.82, 2.24) is 0 Å². The van der Waals surface area contributed by atoms with Crippen LogP contribution in [0.1, 0.15) is 21.5 Å². The van der Waals surface area contributed by atoms with Crippen molar-refractivity contribution in [3.63, 3.8) is 0 Å². The van der Waals surface area contributed by atoms with Gasteiger partial charge in [0, 0.05) is 16.0 Å². The topological polar surface area (TPSA) is 67.8 Å². The lowest BCUT2D eigenvalue weighted by molar-refractivity contribution is -0.119. The fraction of sp³-hybridized carbons (Fsp3) is 0.250. The second kappa shape index (κ2) is 10.1. The fourth-order valence-corrected chi connectivity index (χ4v) is 5.11. The molecule has 0 aromatic heterocycles. The highest BCUT2D eigenvalue weighted by atomic mass is 79.9. The number of amides is 1. The second-order valence-corrected chi connectivity index (χ2v) is 9.21. The number of carbonyl (C=O) groups is 2. The van der Waals surface area contributed by atoms with Crippen LogP contribution in [0.25, 0.3) is 0 Å². The lowest BCUT2D eigenvalue weighted by Crippen LogP contribution is -2.21. The summed E-state index contributed by atoms with van der Waals surface area (Å²) in [4.78, 5) is 29.0. The number of carbonyl (C=O) groups excluding carboxylic acids is 2. The van der Waals surface area contributed by atoms with Crippen molar-refractivity contribution in [2.24, 2.45) is 4.99 Å². The molecular formula is C20H19BrN2O3S2. The Kier molecular flexibility index (Phi) is 7.58. The van der Waals surface area contributed by atoms with Crippen LogP contribution >= 0.6 is 39.5 Å². The van der Waals surface area contributed by atoms with Gasteiger partial charge in [-0.3, -0.25) is 9.79 Å². The van der Waals surface area contributed by atoms with Gasteiger partial charge in [0.15, 0.2) is 6.61 Å². The second-order valence-electron chi connectivity index (χ2n) is 6.05. The van der Waals surface area contributed by atoms with Gasteiger partial charge in [-0.15, -0.1) is 0 Å². The number of halogens is 1. The van der Waals surface area contributed by atoms with Gasteiger partial charge < -0.3 is 10.1 Å². The van der Waals surface area contributed by atoms with E-state index in [0.717, 1.165) is 32.3 Å². The van der Waals surface area contributed by atoms with Crippen LogP contribution in [-0.4, -0.2) is 35.2 Å². The Morgan fingerprint density at radius 2 is 2.11 bits per heavy atom. The van der Waals surface area contributed by atoms with E-state index in [0.29, 0.717) is 17.0 Å². The van der Waals surface area contributed by atoms with Crippen LogP contribution in [0, 0.1) is 6.92 Å². The summed E-state index contributed by atoms with van der Waals surface area (Å²) in [5.74, 6) is 0.759. The summed E-state index contributed by atoms with van der Waals surface area (Å²) in [7, 11) is 0. The number of thioether (sulfide) groups is 2. The van der Waals surface area contributed by atoms with Gasteiger partial charge in [0.1, 0.15) is 4.38 Å². The van der Waals surface area contributed by atoms with Crippen molar-refractivity contribution in [1.29, 1.82) is 0 Å². The number of rotatable bonds is 6. The van der Waals surface area contributed by atoms with E-state index in [4.69, 9.17) is 4.74 Å². The number of anilines is 1. The number of ether oxygens (including phenoxy) is 1. The first-order chi connectivity index (χ1) is 13.5. The zero-order chi connectivity index (χ0) is 19.9. The molecule has 1 aliphatic rings. The molecule has 2 aromatic carbocycles. The first-order valence-corrected chi connectivity index (χ1v) is 11.4. The minimum atomic E-state index is -0.504. The number of aliphatic imine (C=N–C) groups is 1. The summed E-state index contributed by atoms with van der Waals surface area (Å²) in [6.07, 6.45) is 0. The smallest absolute Gasteiger partial charge is 0.338 e. The number of nitrogens with zero attached hydrogens (tertiary/aromatic N) is 1. The van der Waals surface area contributed by atoms with Gasteiger partial charge >= 0.3 is 5.97 Å². The summed E-state index contributed by atoms with van der Waals surface area (Å²) in [6.45, 7) is 2.47. The zero-order valence-corrected chi connectivity index (χ0v) is 18.5. The number of esters is 1. The minimum absolute atomic E-state index is 0.344. The molecule has 0 saturated carbocycles. The maximum Gasteiger partial charge on any atom is 0.338 e. The number of hydrogen-bond donors (Lipinski definition) is 1. The molecular weight excluding hydrogens is 460 g/mol. The molecule has 0 radical (unpaired) electrons. The van der Waals surface area contributed by atoms with E-state index in [2.05, 4.69) is 26.2 Å². The lowest BCUT2D eigenvalue weighted by Gasteiger charge is -2.11. The van der Waals surface area contributed by atoms with Gasteiger partial charge in [0.05, 0.1) is 17.8 Å². The van der Waals surface area contributed by atoms with Crippen molar-refractivity contribution in [2.45, 2.75) is 12.7 Å². The Bertz CT molecular complexity index is 918. The molecule has 2 aromatic rings. The van der Waals surface area contributed by atoms with Gasteiger partial charge in [-0.2, -0.15) is 0 Å². The summed E-state index contributed by atoms with van der Waals surface area (Å²) >= 11 is 6.76. The summed E-state index contributed by atoms with van der Waals surface area (Å²) in [5.41, 5.74) is 3.06. The Hall–Kier alpha value is -1.77. The molecule has 8 heteroatoms. The van der Waals surface area contributed by atoms with Crippen molar-refractivity contribution in [3.8, 4) is 0 Å². The van der Waals surface area contributed by atoms with Gasteiger partial charge in [0.2, 0.25) is 0 Å². The molecule has 3 rings (SSSR count). The predicted octanol–water partition coefficient (Wildman–Crippen LogP) is 4.89. The van der Waals surface area contributed by atoms with Crippen LogP contribution in [0.5, 0.6) is 0 Å². The Morgan fingerprint density at radius 3 is 2.86 bits per heavy atom. The van der Waals surface area contributed by atoms with Crippen molar-refractivity contribution in [3.05, 3.63) is 63.6 Å². The van der Waals surface area contributed by atoms with Gasteiger partial charge in [0.25, 0.3) is 5.91 Å². The number of nitrogens with one attached hydrogen (secondary N) is 1. The standard InChI is InChI=1S/C20H19BrN2O3S2/c1-13-6-7-17(16(21)10-13)23-18(24)11-26-19(25)15-5-3-2-4-14(15)12-28-20-22-8-9-27-20/h2-7,10H,8-9,11-12H2,1H3,(H,23,24). The first kappa shape index (κ1) is 21.0. The van der Waals surface area contributed by atoms with Gasteiger partial charge in [-0.25, -0.2) is 4.79 Å². The van der Waals surface area contributed by atoms with Crippen molar-refractivity contribution >= 4 is 61.4 Å². The zero-order valence-electron chi connectivity index (χ0n) is 15.2. The Balaban J connectivity index is 1.56. The molecule has 0 unspecified atom stereocenters. The quantitative estimate of drug-likeness (QED) is 0.598. The van der Waals surface area contributed by atoms with E-state index in [1.54, 1.807) is 41.7 Å². The molecule has 0 saturated heterocycles. The monoisotopic (exact) mass is 478 g/mol. The molecule has 0 spiro atoms. The average Bonchev–Trinajstić information content (AvgIpc) is 3.20. The third-order valence-electron chi connectivity index (χ3n) is 3.88. The Labute approximate surface area is 180 Å². The number of hydrogen-bond acceptors (Lipinski definition) is 6. The fourth-order valence-electron chi connectivity index (χ4n) is 2.50. The van der Waals surface area contributed by atoms with Crippen LogP contribution in [0.2, 0.25) is 0 Å². The van der Waals surface area contributed by atoms with E-state index in [1.807, 2.05) is 31.2 Å². The molecule has 1 N–H and O–H groups in total. The summed E-state index contributed by atoms with van der Waals surface area (Å²) in [5, 5.41) is 2.74. The van der Waals surface area contributed by atoms with E-state index in [9.17, 15) is 9.59 Å². The molecule has 1 amide bonds. The van der Waals surface area contributed by atoms with E-state index in [1.165, 1.54) is 0 Å². The van der Waals surface area contributed by atoms with Gasteiger partial charge in [-0.05, 0) is 52.2 Å². The molecule has 1 heterocycles. The van der Waals surface area contributed by atoms with Crippen LogP contribution in [-0.2, 0) is 15.3 Å². The van der Waals surface area contributed by atoms with Crippen LogP contribution in [0.15, 0.2) is 51.9 Å². The highest BCUT2D eigenvalue weighted by Gasteiger charge is 2.16. The number of aryl methyl sites for hydroxylation is 1. The third kappa shape index (κ3) is 5.86. The first-order valence-electron chi connectivity index (χ1n) is 8.64. The highest BCUT2D eigenvalue weighted by Crippen LogP contribution is 2.27. The van der Waals surface area contributed by atoms with E-state index in [-0.39, 0.29) is 12.5 Å². The molecule has 146 valence electrons. The molecule has 0 bridgehead atoms. The normalized spacial score (nSPS) is 13.1. The van der Waals surface area contributed by atoms with Crippen molar-refractivity contribution < 1.29 is 14.3 Å². The lowest BCUT2D eigenvalue weighted by atomic mass is 10.1. The average molecular weight is 479 g/mol. The van der Waals surface area contributed by atoms with E-state index < -0.39 is 5.97 Å². The molecule has 28 heavy (non-hydrogen) atoms. The van der Waals surface area contributed by atoms with Crippen molar-refractivity contribution in [2.75, 3.05) is 24.2 Å². The Morgan fingerprint density at radius 1 is 1.29 bits per heavy atom. The summed E-state index contributed by atoms with van der Waals surface area (Å²) < 4.78 is 7.05. The minimum Gasteiger partial charge on any atom is -0.452 e. The molecule has 0 aliphatic carbocycles. The maximum absolute atomic E-state index is 12.5. The third-order valence-corrected chi connectivity index (χ3v) is 6.84. The maximum atomic E-state index is 12.5. The molecule has 0 fully saturated rings. The highest BCUT2D eigenvalue weighted by molar-refractivity contribution is 9.10. The van der Waals surface area contributed by atoms with Crippen LogP contribution < -0.4 is 5.32 Å².